The van der Waals surface area contributed by atoms with Crippen molar-refractivity contribution >= 4 is 33.3 Å². The molecule has 0 aliphatic rings. The summed E-state index contributed by atoms with van der Waals surface area (Å²) < 4.78 is 5.90. The molecule has 0 amide bonds. The van der Waals surface area contributed by atoms with E-state index in [0.717, 1.165) is 39.0 Å². The first-order valence-corrected chi connectivity index (χ1v) is 7.61. The number of rotatable bonds is 4. The van der Waals surface area contributed by atoms with Gasteiger partial charge in [-0.2, -0.15) is 0 Å². The Morgan fingerprint density at radius 2 is 1.65 bits per heavy atom. The highest BCUT2D eigenvalue weighted by atomic mass is 16.3. The maximum absolute atomic E-state index is 5.90. The quantitative estimate of drug-likeness (QED) is 0.577. The molecule has 2 aromatic carbocycles. The second-order valence-electron chi connectivity index (χ2n) is 5.45. The van der Waals surface area contributed by atoms with Crippen LogP contribution in [0.25, 0.3) is 21.9 Å². The zero-order valence-corrected chi connectivity index (χ0v) is 12.8. The molecule has 114 valence electrons. The zero-order chi connectivity index (χ0) is 15.6. The molecule has 0 bridgehead atoms. The number of hydrogen-bond donors (Lipinski definition) is 2. The van der Waals surface area contributed by atoms with E-state index in [1.807, 2.05) is 55.7 Å². The van der Waals surface area contributed by atoms with Crippen LogP contribution in [0.4, 0.5) is 11.4 Å². The summed E-state index contributed by atoms with van der Waals surface area (Å²) in [4.78, 5) is 4.33. The molecule has 0 atom stereocenters. The first-order valence-electron chi connectivity index (χ1n) is 7.61. The first-order chi connectivity index (χ1) is 11.3. The number of furan rings is 1. The summed E-state index contributed by atoms with van der Waals surface area (Å²) in [5.41, 5.74) is 4.95. The number of hydrogen-bond acceptors (Lipinski definition) is 4. The van der Waals surface area contributed by atoms with Gasteiger partial charge in [0.2, 0.25) is 0 Å². The van der Waals surface area contributed by atoms with Crippen molar-refractivity contribution < 1.29 is 4.42 Å². The van der Waals surface area contributed by atoms with Crippen LogP contribution in [0.1, 0.15) is 5.69 Å². The Labute approximate surface area is 134 Å². The number of aromatic nitrogens is 1. The molecule has 4 nitrogen and oxygen atoms in total. The lowest BCUT2D eigenvalue weighted by molar-refractivity contribution is 0.669. The number of benzene rings is 2. The Morgan fingerprint density at radius 3 is 2.35 bits per heavy atom. The van der Waals surface area contributed by atoms with E-state index in [2.05, 4.69) is 27.8 Å². The SMILES string of the molecule is CNc1ccc2oc3ccc(NCc4ccccn4)cc3c2c1. The molecule has 0 radical (unpaired) electrons. The molecule has 0 unspecified atom stereocenters. The van der Waals surface area contributed by atoms with Crippen LogP contribution in [0.15, 0.2) is 65.2 Å². The predicted octanol–water partition coefficient (Wildman–Crippen LogP) is 4.63. The topological polar surface area (TPSA) is 50.1 Å². The fourth-order valence-electron chi connectivity index (χ4n) is 2.74. The standard InChI is InChI=1S/C19H17N3O/c1-20-13-5-7-18-16(10-13)17-11-14(6-8-19(17)23-18)22-12-15-4-2-3-9-21-15/h2-11,20,22H,12H2,1H3. The summed E-state index contributed by atoms with van der Waals surface area (Å²) in [5, 5.41) is 8.82. The molecule has 0 aliphatic carbocycles. The van der Waals surface area contributed by atoms with Crippen molar-refractivity contribution in [1.29, 1.82) is 0 Å². The van der Waals surface area contributed by atoms with Crippen molar-refractivity contribution in [3.63, 3.8) is 0 Å². The molecule has 4 rings (SSSR count). The van der Waals surface area contributed by atoms with Gasteiger partial charge in [-0.05, 0) is 48.5 Å². The van der Waals surface area contributed by atoms with Crippen LogP contribution in [0.2, 0.25) is 0 Å². The lowest BCUT2D eigenvalue weighted by Gasteiger charge is -2.05. The minimum Gasteiger partial charge on any atom is -0.456 e. The highest BCUT2D eigenvalue weighted by Gasteiger charge is 2.08. The molecule has 2 aromatic heterocycles. The maximum Gasteiger partial charge on any atom is 0.135 e. The first kappa shape index (κ1) is 13.6. The van der Waals surface area contributed by atoms with E-state index < -0.39 is 0 Å². The summed E-state index contributed by atoms with van der Waals surface area (Å²) >= 11 is 0. The fourth-order valence-corrected chi connectivity index (χ4v) is 2.74. The van der Waals surface area contributed by atoms with E-state index in [9.17, 15) is 0 Å². The average Bonchev–Trinajstić information content (AvgIpc) is 2.98. The van der Waals surface area contributed by atoms with Crippen LogP contribution >= 0.6 is 0 Å². The van der Waals surface area contributed by atoms with E-state index in [1.54, 1.807) is 0 Å². The normalized spacial score (nSPS) is 11.0. The van der Waals surface area contributed by atoms with Crippen LogP contribution < -0.4 is 10.6 Å². The molecule has 0 aliphatic heterocycles. The Balaban J connectivity index is 1.70. The molecule has 4 heteroatoms. The van der Waals surface area contributed by atoms with Gasteiger partial charge in [0, 0.05) is 35.4 Å². The lowest BCUT2D eigenvalue weighted by Crippen LogP contribution is -2.00. The van der Waals surface area contributed by atoms with Gasteiger partial charge in [0.15, 0.2) is 0 Å². The van der Waals surface area contributed by atoms with Gasteiger partial charge in [0.25, 0.3) is 0 Å². The summed E-state index contributed by atoms with van der Waals surface area (Å²) in [6.07, 6.45) is 1.81. The van der Waals surface area contributed by atoms with Gasteiger partial charge >= 0.3 is 0 Å². The average molecular weight is 303 g/mol. The monoisotopic (exact) mass is 303 g/mol. The molecule has 23 heavy (non-hydrogen) atoms. The van der Waals surface area contributed by atoms with E-state index in [-0.39, 0.29) is 0 Å². The summed E-state index contributed by atoms with van der Waals surface area (Å²) in [6.45, 7) is 0.698. The molecule has 0 saturated carbocycles. The fraction of sp³-hybridized carbons (Fsp3) is 0.105. The molecular weight excluding hydrogens is 286 g/mol. The van der Waals surface area contributed by atoms with E-state index in [4.69, 9.17) is 4.42 Å². The van der Waals surface area contributed by atoms with Gasteiger partial charge in [-0.3, -0.25) is 4.98 Å². The van der Waals surface area contributed by atoms with E-state index >= 15 is 0 Å². The lowest BCUT2D eigenvalue weighted by atomic mass is 10.1. The Bertz CT molecular complexity index is 960. The summed E-state index contributed by atoms with van der Waals surface area (Å²) in [7, 11) is 1.92. The van der Waals surface area contributed by atoms with E-state index in [0.29, 0.717) is 6.54 Å². The van der Waals surface area contributed by atoms with Gasteiger partial charge in [-0.25, -0.2) is 0 Å². The third kappa shape index (κ3) is 2.59. The number of pyridine rings is 1. The molecule has 0 saturated heterocycles. The summed E-state index contributed by atoms with van der Waals surface area (Å²) in [6, 6.07) is 18.2. The second-order valence-corrected chi connectivity index (χ2v) is 5.45. The van der Waals surface area contributed by atoms with Crippen molar-refractivity contribution in [3.05, 3.63) is 66.5 Å². The van der Waals surface area contributed by atoms with Crippen LogP contribution in [0, 0.1) is 0 Å². The van der Waals surface area contributed by atoms with Crippen molar-refractivity contribution in [1.82, 2.24) is 4.98 Å². The summed E-state index contributed by atoms with van der Waals surface area (Å²) in [5.74, 6) is 0. The van der Waals surface area contributed by atoms with Crippen molar-refractivity contribution in [2.75, 3.05) is 17.7 Å². The molecular formula is C19H17N3O. The Kier molecular flexibility index (Phi) is 3.35. The van der Waals surface area contributed by atoms with Crippen molar-refractivity contribution in [2.24, 2.45) is 0 Å². The number of fused-ring (bicyclic) bond motifs is 3. The number of nitrogens with zero attached hydrogens (tertiary/aromatic N) is 1. The minimum atomic E-state index is 0.698. The van der Waals surface area contributed by atoms with Gasteiger partial charge < -0.3 is 15.1 Å². The maximum atomic E-state index is 5.90. The smallest absolute Gasteiger partial charge is 0.135 e. The van der Waals surface area contributed by atoms with Gasteiger partial charge in [-0.15, -0.1) is 0 Å². The molecule has 0 spiro atoms. The van der Waals surface area contributed by atoms with Gasteiger partial charge in [-0.1, -0.05) is 6.07 Å². The number of nitrogens with one attached hydrogen (secondary N) is 2. The Hall–Kier alpha value is -3.01. The molecule has 2 heterocycles. The van der Waals surface area contributed by atoms with Crippen LogP contribution in [0.5, 0.6) is 0 Å². The molecule has 2 N–H and O–H groups in total. The van der Waals surface area contributed by atoms with Crippen molar-refractivity contribution in [3.8, 4) is 0 Å². The largest absolute Gasteiger partial charge is 0.456 e. The van der Waals surface area contributed by atoms with Crippen LogP contribution in [0.3, 0.4) is 0 Å². The highest BCUT2D eigenvalue weighted by molar-refractivity contribution is 6.07. The zero-order valence-electron chi connectivity index (χ0n) is 12.8. The van der Waals surface area contributed by atoms with E-state index in [1.165, 1.54) is 0 Å². The van der Waals surface area contributed by atoms with Gasteiger partial charge in [0.1, 0.15) is 11.2 Å². The predicted molar refractivity (Wildman–Crippen MR) is 94.8 cm³/mol. The highest BCUT2D eigenvalue weighted by Crippen LogP contribution is 2.32. The molecule has 0 fully saturated rings. The minimum absolute atomic E-state index is 0.698. The Morgan fingerprint density at radius 1 is 0.913 bits per heavy atom. The third-order valence-electron chi connectivity index (χ3n) is 3.96. The van der Waals surface area contributed by atoms with Crippen LogP contribution in [-0.4, -0.2) is 12.0 Å². The third-order valence-corrected chi connectivity index (χ3v) is 3.96. The molecule has 4 aromatic rings. The van der Waals surface area contributed by atoms with Gasteiger partial charge in [0.05, 0.1) is 12.2 Å². The van der Waals surface area contributed by atoms with Crippen molar-refractivity contribution in [2.45, 2.75) is 6.54 Å². The van der Waals surface area contributed by atoms with Crippen LogP contribution in [-0.2, 0) is 6.54 Å². The second kappa shape index (κ2) is 5.65. The number of anilines is 2.